The summed E-state index contributed by atoms with van der Waals surface area (Å²) in [5, 5.41) is 10.8. The summed E-state index contributed by atoms with van der Waals surface area (Å²) < 4.78 is 51.1. The van der Waals surface area contributed by atoms with Crippen molar-refractivity contribution in [3.8, 4) is 0 Å². The molecule has 1 saturated carbocycles. The van der Waals surface area contributed by atoms with Crippen molar-refractivity contribution in [3.05, 3.63) is 0 Å². The number of aliphatic hydroxyl groups is 1. The Balaban J connectivity index is 2.62. The van der Waals surface area contributed by atoms with Crippen LogP contribution in [0, 0.1) is 11.8 Å². The number of nitrogens with one attached hydrogen (secondary N) is 1. The van der Waals surface area contributed by atoms with Crippen LogP contribution in [0.4, 0.5) is 17.6 Å². The molecular weight excluding hydrogens is 377 g/mol. The molecule has 0 aromatic heterocycles. The summed E-state index contributed by atoms with van der Waals surface area (Å²) in [6.45, 7) is -0.986. The van der Waals surface area contributed by atoms with Crippen molar-refractivity contribution in [2.24, 2.45) is 23.3 Å². The van der Waals surface area contributed by atoms with E-state index < -0.39 is 59.5 Å². The molecule has 24 heavy (non-hydrogen) atoms. The van der Waals surface area contributed by atoms with Crippen LogP contribution in [0.2, 0.25) is 0 Å². The first-order chi connectivity index (χ1) is 11.0. The van der Waals surface area contributed by atoms with E-state index in [4.69, 9.17) is 34.7 Å². The number of carbonyl (C=O) groups excluding carboxylic acids is 1. The highest BCUT2D eigenvalue weighted by Gasteiger charge is 2.45. The fraction of sp³-hybridized carbons (Fsp3) is 0.923. The predicted molar refractivity (Wildman–Crippen MR) is 82.5 cm³/mol. The summed E-state index contributed by atoms with van der Waals surface area (Å²) in [5.74, 6) is -3.41. The lowest BCUT2D eigenvalue weighted by molar-refractivity contribution is -0.165. The summed E-state index contributed by atoms with van der Waals surface area (Å²) >= 11 is 12.0. The Bertz CT molecular complexity index is 419. The molecule has 6 N–H and O–H groups in total. The van der Waals surface area contributed by atoms with Crippen molar-refractivity contribution in [2.45, 2.75) is 48.1 Å². The lowest BCUT2D eigenvalue weighted by atomic mass is 9.83. The van der Waals surface area contributed by atoms with Crippen molar-refractivity contribution < 1.29 is 27.5 Å². The number of carbonyl (C=O) groups is 1. The van der Waals surface area contributed by atoms with E-state index in [9.17, 15) is 27.5 Å². The Hall–Kier alpha value is -0.350. The summed E-state index contributed by atoms with van der Waals surface area (Å²) in [7, 11) is 0. The lowest BCUT2D eigenvalue weighted by Gasteiger charge is -2.36. The van der Waals surface area contributed by atoms with E-state index in [1.807, 2.05) is 0 Å². The molecule has 1 rings (SSSR count). The largest absolute Gasteiger partial charge is 0.404 e. The molecule has 0 radical (unpaired) electrons. The molecule has 0 aromatic rings. The second-order valence-electron chi connectivity index (χ2n) is 5.90. The van der Waals surface area contributed by atoms with Crippen LogP contribution >= 0.6 is 23.2 Å². The van der Waals surface area contributed by atoms with Gasteiger partial charge in [-0.3, -0.25) is 4.79 Å². The zero-order chi connectivity index (χ0) is 18.7. The molecule has 0 spiro atoms. The number of aliphatic hydroxyl groups excluding tert-OH is 1. The summed E-state index contributed by atoms with van der Waals surface area (Å²) in [4.78, 5) is 11.9. The van der Waals surface area contributed by atoms with E-state index in [-0.39, 0.29) is 19.4 Å². The molecule has 0 heterocycles. The van der Waals surface area contributed by atoms with Crippen molar-refractivity contribution in [1.29, 1.82) is 0 Å². The van der Waals surface area contributed by atoms with E-state index >= 15 is 0 Å². The zero-order valence-corrected chi connectivity index (χ0v) is 14.2. The molecule has 5 nitrogen and oxygen atoms in total. The summed E-state index contributed by atoms with van der Waals surface area (Å²) in [5.41, 5.74) is 10.2. The summed E-state index contributed by atoms with van der Waals surface area (Å²) in [6, 6.07) is -2.41. The van der Waals surface area contributed by atoms with Gasteiger partial charge in [0, 0.05) is 29.8 Å². The molecule has 1 aliphatic carbocycles. The van der Waals surface area contributed by atoms with Crippen molar-refractivity contribution >= 4 is 29.1 Å². The number of alkyl halides is 6. The van der Waals surface area contributed by atoms with Crippen LogP contribution in [0.5, 0.6) is 0 Å². The second-order valence-corrected chi connectivity index (χ2v) is 7.02. The molecule has 0 aromatic carbocycles. The molecule has 142 valence electrons. The van der Waals surface area contributed by atoms with Gasteiger partial charge in [0.15, 0.2) is 0 Å². The normalized spacial score (nSPS) is 32.0. The highest BCUT2D eigenvalue weighted by molar-refractivity contribution is 6.24. The van der Waals surface area contributed by atoms with Gasteiger partial charge in [-0.25, -0.2) is 4.39 Å². The van der Waals surface area contributed by atoms with Gasteiger partial charge in [0.1, 0.15) is 12.2 Å². The van der Waals surface area contributed by atoms with Crippen LogP contribution in [-0.4, -0.2) is 59.4 Å². The number of nitrogens with two attached hydrogens (primary N) is 2. The highest BCUT2D eigenvalue weighted by Crippen LogP contribution is 2.36. The van der Waals surface area contributed by atoms with E-state index in [0.29, 0.717) is 0 Å². The maximum Gasteiger partial charge on any atom is 0.404 e. The van der Waals surface area contributed by atoms with Crippen LogP contribution in [0.1, 0.15) is 12.8 Å². The number of hydrogen-bond acceptors (Lipinski definition) is 4. The van der Waals surface area contributed by atoms with Gasteiger partial charge in [-0.15, -0.1) is 23.2 Å². The van der Waals surface area contributed by atoms with Gasteiger partial charge in [0.25, 0.3) is 0 Å². The molecule has 11 heteroatoms. The topological polar surface area (TPSA) is 101 Å². The molecule has 1 fully saturated rings. The zero-order valence-electron chi connectivity index (χ0n) is 12.6. The minimum absolute atomic E-state index is 0.00478. The maximum absolute atomic E-state index is 13.3. The first-order valence-electron chi connectivity index (χ1n) is 7.39. The summed E-state index contributed by atoms with van der Waals surface area (Å²) in [6.07, 6.45) is -7.18. The highest BCUT2D eigenvalue weighted by atomic mass is 35.5. The van der Waals surface area contributed by atoms with Gasteiger partial charge in [-0.05, 0) is 12.8 Å². The van der Waals surface area contributed by atoms with E-state index in [1.54, 1.807) is 0 Å². The standard InChI is InChI=1S/C13H21Cl2F4N3O2/c14-7-1-5(16)2-8(15)10(7)9(23)4-22-12(24)6(3-20)11(21)13(17,18)19/h5-11,23H,1-4,20-21H2,(H,22,24). The van der Waals surface area contributed by atoms with Crippen LogP contribution < -0.4 is 16.8 Å². The number of hydrogen-bond donors (Lipinski definition) is 4. The molecule has 1 amide bonds. The Morgan fingerprint density at radius 2 is 1.79 bits per heavy atom. The van der Waals surface area contributed by atoms with E-state index in [1.165, 1.54) is 0 Å². The minimum Gasteiger partial charge on any atom is -0.391 e. The van der Waals surface area contributed by atoms with Crippen LogP contribution in [0.25, 0.3) is 0 Å². The average Bonchev–Trinajstić information content (AvgIpc) is 2.43. The lowest BCUT2D eigenvalue weighted by Crippen LogP contribution is -2.54. The quantitative estimate of drug-likeness (QED) is 0.394. The van der Waals surface area contributed by atoms with Crippen LogP contribution in [-0.2, 0) is 4.79 Å². The predicted octanol–water partition coefficient (Wildman–Crippen LogP) is 0.891. The fourth-order valence-corrected chi connectivity index (χ4v) is 3.87. The SMILES string of the molecule is NCC(C(=O)NCC(O)C1C(Cl)CC(F)CC1Cl)C(N)C(F)(F)F. The van der Waals surface area contributed by atoms with Crippen molar-refractivity contribution in [1.82, 2.24) is 5.32 Å². The first-order valence-corrected chi connectivity index (χ1v) is 8.26. The van der Waals surface area contributed by atoms with Gasteiger partial charge < -0.3 is 21.9 Å². The third-order valence-electron chi connectivity index (χ3n) is 4.13. The van der Waals surface area contributed by atoms with Gasteiger partial charge in [0.05, 0.1) is 12.0 Å². The number of amides is 1. The molecule has 0 bridgehead atoms. The van der Waals surface area contributed by atoms with Crippen LogP contribution in [0.3, 0.4) is 0 Å². The Morgan fingerprint density at radius 1 is 1.29 bits per heavy atom. The monoisotopic (exact) mass is 397 g/mol. The number of rotatable bonds is 6. The Kier molecular flexibility index (Phi) is 7.99. The maximum atomic E-state index is 13.3. The second kappa shape index (κ2) is 8.84. The molecule has 1 aliphatic rings. The smallest absolute Gasteiger partial charge is 0.391 e. The number of halogens is 6. The van der Waals surface area contributed by atoms with Crippen molar-refractivity contribution in [3.63, 3.8) is 0 Å². The average molecular weight is 398 g/mol. The van der Waals surface area contributed by atoms with Gasteiger partial charge in [0.2, 0.25) is 5.91 Å². The molecule has 0 aliphatic heterocycles. The van der Waals surface area contributed by atoms with Gasteiger partial charge >= 0.3 is 6.18 Å². The Morgan fingerprint density at radius 3 is 2.21 bits per heavy atom. The third kappa shape index (κ3) is 5.59. The molecule has 5 unspecified atom stereocenters. The third-order valence-corrected chi connectivity index (χ3v) is 5.07. The van der Waals surface area contributed by atoms with Crippen LogP contribution in [0.15, 0.2) is 0 Å². The van der Waals surface area contributed by atoms with E-state index in [0.717, 1.165) is 0 Å². The molecular formula is C13H21Cl2F4N3O2. The van der Waals surface area contributed by atoms with Gasteiger partial charge in [-0.2, -0.15) is 13.2 Å². The van der Waals surface area contributed by atoms with Gasteiger partial charge in [-0.1, -0.05) is 0 Å². The first kappa shape index (κ1) is 21.7. The van der Waals surface area contributed by atoms with Crippen molar-refractivity contribution in [2.75, 3.05) is 13.1 Å². The molecule has 5 atom stereocenters. The molecule has 0 saturated heterocycles. The van der Waals surface area contributed by atoms with E-state index in [2.05, 4.69) is 5.32 Å². The Labute approximate surface area is 147 Å². The fourth-order valence-electron chi connectivity index (χ4n) is 2.73. The minimum atomic E-state index is -4.78.